The molecule has 0 saturated heterocycles. The highest BCUT2D eigenvalue weighted by atomic mass is 14.7. The summed E-state index contributed by atoms with van der Waals surface area (Å²) >= 11 is 0. The molecule has 1 aromatic carbocycles. The van der Waals surface area contributed by atoms with Gasteiger partial charge in [0, 0.05) is 18.0 Å². The van der Waals surface area contributed by atoms with Gasteiger partial charge in [-0.1, -0.05) is 17.7 Å². The van der Waals surface area contributed by atoms with Gasteiger partial charge < -0.3 is 5.73 Å². The van der Waals surface area contributed by atoms with E-state index < -0.39 is 0 Å². The second-order valence-electron chi connectivity index (χ2n) is 3.60. The van der Waals surface area contributed by atoms with Crippen molar-refractivity contribution in [2.24, 2.45) is 4.99 Å². The fourth-order valence-electron chi connectivity index (χ4n) is 1.31. The largest absolute Gasteiger partial charge is 0.397 e. The maximum atomic E-state index is 5.76. The Bertz CT molecular complexity index is 501. The van der Waals surface area contributed by atoms with Crippen molar-refractivity contribution in [2.75, 3.05) is 5.73 Å². The van der Waals surface area contributed by atoms with Crippen LogP contribution in [-0.2, 0) is 0 Å². The van der Waals surface area contributed by atoms with Crippen molar-refractivity contribution >= 4 is 17.6 Å². The molecule has 2 N–H and O–H groups in total. The average molecular weight is 211 g/mol. The van der Waals surface area contributed by atoms with Crippen molar-refractivity contribution in [2.45, 2.75) is 6.92 Å². The van der Waals surface area contributed by atoms with Gasteiger partial charge in [0.25, 0.3) is 0 Å². The van der Waals surface area contributed by atoms with Gasteiger partial charge in [0.05, 0.1) is 17.6 Å². The van der Waals surface area contributed by atoms with Crippen LogP contribution in [0.15, 0.2) is 47.7 Å². The Morgan fingerprint density at radius 2 is 1.94 bits per heavy atom. The molecule has 0 spiro atoms. The fraction of sp³-hybridized carbons (Fsp3) is 0.0769. The van der Waals surface area contributed by atoms with E-state index in [2.05, 4.69) is 9.98 Å². The van der Waals surface area contributed by atoms with E-state index in [9.17, 15) is 0 Å². The van der Waals surface area contributed by atoms with Crippen LogP contribution in [-0.4, -0.2) is 11.2 Å². The van der Waals surface area contributed by atoms with Crippen molar-refractivity contribution in [1.29, 1.82) is 0 Å². The zero-order chi connectivity index (χ0) is 11.4. The number of hydrogen-bond acceptors (Lipinski definition) is 3. The monoisotopic (exact) mass is 211 g/mol. The zero-order valence-electron chi connectivity index (χ0n) is 9.09. The Labute approximate surface area is 94.7 Å². The van der Waals surface area contributed by atoms with E-state index in [4.69, 9.17) is 5.73 Å². The molecular formula is C13H13N3. The first-order valence-corrected chi connectivity index (χ1v) is 5.06. The van der Waals surface area contributed by atoms with Crippen LogP contribution < -0.4 is 5.73 Å². The van der Waals surface area contributed by atoms with Gasteiger partial charge in [-0.15, -0.1) is 0 Å². The maximum absolute atomic E-state index is 5.76. The zero-order valence-corrected chi connectivity index (χ0v) is 9.09. The van der Waals surface area contributed by atoms with Crippen molar-refractivity contribution in [1.82, 2.24) is 4.98 Å². The van der Waals surface area contributed by atoms with E-state index >= 15 is 0 Å². The molecule has 0 aliphatic heterocycles. The number of nitrogens with two attached hydrogens (primary N) is 1. The molecule has 0 saturated carbocycles. The maximum Gasteiger partial charge on any atom is 0.0630 e. The van der Waals surface area contributed by atoms with Gasteiger partial charge in [-0.2, -0.15) is 0 Å². The lowest BCUT2D eigenvalue weighted by molar-refractivity contribution is 1.33. The third-order valence-electron chi connectivity index (χ3n) is 2.27. The van der Waals surface area contributed by atoms with Gasteiger partial charge in [-0.25, -0.2) is 0 Å². The Hall–Kier alpha value is -2.16. The number of benzene rings is 1. The first-order chi connectivity index (χ1) is 7.75. The lowest BCUT2D eigenvalue weighted by Crippen LogP contribution is -1.93. The molecular weight excluding hydrogens is 198 g/mol. The number of nitrogens with zero attached hydrogens (tertiary/aromatic N) is 2. The molecule has 0 amide bonds. The van der Waals surface area contributed by atoms with Crippen molar-refractivity contribution in [3.8, 4) is 0 Å². The SMILES string of the molecule is Cc1ccc(N=Cc2ccncc2N)cc1. The van der Waals surface area contributed by atoms with Crippen LogP contribution in [0, 0.1) is 6.92 Å². The predicted octanol–water partition coefficient (Wildman–Crippen LogP) is 2.72. The molecule has 16 heavy (non-hydrogen) atoms. The smallest absolute Gasteiger partial charge is 0.0630 e. The summed E-state index contributed by atoms with van der Waals surface area (Å²) < 4.78 is 0. The van der Waals surface area contributed by atoms with Crippen LogP contribution in [0.5, 0.6) is 0 Å². The molecule has 0 radical (unpaired) electrons. The standard InChI is InChI=1S/C13H13N3/c1-10-2-4-12(5-3-10)16-8-11-6-7-15-9-13(11)14/h2-9H,14H2,1H3. The van der Waals surface area contributed by atoms with Gasteiger partial charge in [0.2, 0.25) is 0 Å². The minimum atomic E-state index is 0.637. The Morgan fingerprint density at radius 3 is 2.62 bits per heavy atom. The minimum absolute atomic E-state index is 0.637. The Balaban J connectivity index is 2.21. The van der Waals surface area contributed by atoms with E-state index in [1.165, 1.54) is 5.56 Å². The van der Waals surface area contributed by atoms with Gasteiger partial charge in [-0.3, -0.25) is 9.98 Å². The molecule has 0 bridgehead atoms. The van der Waals surface area contributed by atoms with E-state index in [0.29, 0.717) is 5.69 Å². The highest BCUT2D eigenvalue weighted by molar-refractivity contribution is 5.87. The lowest BCUT2D eigenvalue weighted by atomic mass is 10.2. The van der Waals surface area contributed by atoms with E-state index in [1.54, 1.807) is 18.6 Å². The van der Waals surface area contributed by atoms with Gasteiger partial charge in [-0.05, 0) is 25.1 Å². The summed E-state index contributed by atoms with van der Waals surface area (Å²) in [6.07, 6.45) is 5.07. The third kappa shape index (κ3) is 2.45. The van der Waals surface area contributed by atoms with Crippen molar-refractivity contribution in [3.05, 3.63) is 53.9 Å². The molecule has 0 aliphatic carbocycles. The topological polar surface area (TPSA) is 51.3 Å². The van der Waals surface area contributed by atoms with Crippen molar-refractivity contribution in [3.63, 3.8) is 0 Å². The van der Waals surface area contributed by atoms with E-state index in [0.717, 1.165) is 11.3 Å². The van der Waals surface area contributed by atoms with Crippen molar-refractivity contribution < 1.29 is 0 Å². The second-order valence-corrected chi connectivity index (χ2v) is 3.60. The summed E-state index contributed by atoms with van der Waals surface area (Å²) in [4.78, 5) is 8.27. The fourth-order valence-corrected chi connectivity index (χ4v) is 1.31. The van der Waals surface area contributed by atoms with Gasteiger partial charge in [0.1, 0.15) is 0 Å². The highest BCUT2D eigenvalue weighted by Gasteiger charge is 1.93. The molecule has 0 unspecified atom stereocenters. The molecule has 0 fully saturated rings. The number of hydrogen-bond donors (Lipinski definition) is 1. The number of pyridine rings is 1. The van der Waals surface area contributed by atoms with E-state index in [1.807, 2.05) is 37.3 Å². The number of aryl methyl sites for hydroxylation is 1. The minimum Gasteiger partial charge on any atom is -0.397 e. The van der Waals surface area contributed by atoms with Crippen LogP contribution >= 0.6 is 0 Å². The van der Waals surface area contributed by atoms with E-state index in [-0.39, 0.29) is 0 Å². The molecule has 0 atom stereocenters. The number of aromatic nitrogens is 1. The first kappa shape index (κ1) is 10.4. The summed E-state index contributed by atoms with van der Waals surface area (Å²) in [7, 11) is 0. The van der Waals surface area contributed by atoms with Crippen LogP contribution in [0.4, 0.5) is 11.4 Å². The molecule has 1 aromatic heterocycles. The Morgan fingerprint density at radius 1 is 1.19 bits per heavy atom. The third-order valence-corrected chi connectivity index (χ3v) is 2.27. The molecule has 1 heterocycles. The number of nitrogen functional groups attached to an aromatic ring is 1. The molecule has 2 aromatic rings. The first-order valence-electron chi connectivity index (χ1n) is 5.06. The molecule has 80 valence electrons. The number of rotatable bonds is 2. The molecule has 2 rings (SSSR count). The quantitative estimate of drug-likeness (QED) is 0.776. The summed E-state index contributed by atoms with van der Waals surface area (Å²) in [5.74, 6) is 0. The number of aliphatic imine (C=N–C) groups is 1. The van der Waals surface area contributed by atoms with Crippen LogP contribution in [0.1, 0.15) is 11.1 Å². The highest BCUT2D eigenvalue weighted by Crippen LogP contribution is 2.13. The van der Waals surface area contributed by atoms with Gasteiger partial charge >= 0.3 is 0 Å². The Kier molecular flexibility index (Phi) is 2.96. The molecule has 3 heteroatoms. The summed E-state index contributed by atoms with van der Waals surface area (Å²) in [6.45, 7) is 2.05. The lowest BCUT2D eigenvalue weighted by Gasteiger charge is -1.98. The van der Waals surface area contributed by atoms with Crippen LogP contribution in [0.2, 0.25) is 0 Å². The summed E-state index contributed by atoms with van der Waals surface area (Å²) in [5, 5.41) is 0. The normalized spacial score (nSPS) is 10.8. The predicted molar refractivity (Wildman–Crippen MR) is 67.1 cm³/mol. The molecule has 0 aliphatic rings. The summed E-state index contributed by atoms with van der Waals surface area (Å²) in [5.41, 5.74) is 9.42. The second kappa shape index (κ2) is 4.57. The summed E-state index contributed by atoms with van der Waals surface area (Å²) in [6, 6.07) is 9.85. The average Bonchev–Trinajstić information content (AvgIpc) is 2.30. The van der Waals surface area contributed by atoms with Crippen LogP contribution in [0.25, 0.3) is 0 Å². The number of anilines is 1. The van der Waals surface area contributed by atoms with Crippen LogP contribution in [0.3, 0.4) is 0 Å². The van der Waals surface area contributed by atoms with Gasteiger partial charge in [0.15, 0.2) is 0 Å². The molecule has 3 nitrogen and oxygen atoms in total.